The van der Waals surface area contributed by atoms with Crippen molar-refractivity contribution in [2.24, 2.45) is 0 Å². The first-order valence-corrected chi connectivity index (χ1v) is 22.0. The van der Waals surface area contributed by atoms with Gasteiger partial charge >= 0.3 is 172 Å². The fourth-order valence-corrected chi connectivity index (χ4v) is 5.99. The molecule has 0 bridgehead atoms. The summed E-state index contributed by atoms with van der Waals surface area (Å²) in [7, 11) is 4.12. The Bertz CT molecular complexity index is 1530. The summed E-state index contributed by atoms with van der Waals surface area (Å²) in [6.45, 7) is 4.72. The van der Waals surface area contributed by atoms with Crippen LogP contribution in [0.5, 0.6) is 17.2 Å². The molecule has 1 N–H and O–H groups in total. The Hall–Kier alpha value is 2.65. The Labute approximate surface area is 547 Å². The molecule has 0 spiro atoms. The van der Waals surface area contributed by atoms with E-state index >= 15 is 0 Å². The molecule has 338 valence electrons. The molecule has 0 saturated heterocycles. The molecule has 22 heteroatoms. The Morgan fingerprint density at radius 2 is 1.10 bits per heavy atom. The number of hydrogen-bond donors (Lipinski definition) is 1. The van der Waals surface area contributed by atoms with Gasteiger partial charge in [0.05, 0.1) is 21.3 Å². The predicted octanol–water partition coefficient (Wildman–Crippen LogP) is 0.527. The largest absolute Gasteiger partial charge is 1.00 e. The number of phenols is 1. The molecule has 1 aliphatic carbocycles. The van der Waals surface area contributed by atoms with Gasteiger partial charge in [-0.3, -0.25) is 9.59 Å². The average molecular weight is 1340 g/mol. The summed E-state index contributed by atoms with van der Waals surface area (Å²) in [5.74, 6) is 0.788. The van der Waals surface area contributed by atoms with Gasteiger partial charge in [-0.25, -0.2) is 9.59 Å². The van der Waals surface area contributed by atoms with Gasteiger partial charge in [-0.05, 0) is 79.2 Å². The minimum atomic E-state index is -0.750. The molecular weight excluding hydrogens is 1290 g/mol. The standard InChI is InChI=1S/C11H12Br2O3.C11H11BrO3.C6H5BrO.C5H8Br2O2.C4H9O.CH2O3.2CH4.3K.H/c1-15-11(14)10(6-7-12)16-9-4-2-8(13)3-5-9;1-14-10(13)11(6-7-11)15-9-4-2-8(12)3-5-9;7-5-1-3-6(8)4-2-5;1-9-5(8)4(7)2-3-6;1-4(2,3)5;2-1-4-3;;;;;;/h2-5,10H,6-7H2,1H3;2-5H,6-7H2,1H3;1-4,8H;4H,2-3H2,1H3;1-3H3;1,3H;2*1H4;;;;/q;;;;-1;;;;3*+1;-1/p-1. The van der Waals surface area contributed by atoms with E-state index in [2.05, 4.69) is 110 Å². The van der Waals surface area contributed by atoms with Gasteiger partial charge in [0, 0.05) is 43.3 Å². The molecule has 0 radical (unpaired) electrons. The summed E-state index contributed by atoms with van der Waals surface area (Å²) < 4.78 is 27.9. The number of carbonyl (C=O) groups excluding carboxylic acids is 4. The minimum absolute atomic E-state index is 0. The number of ether oxygens (including phenoxy) is 5. The van der Waals surface area contributed by atoms with E-state index in [0.29, 0.717) is 29.0 Å². The van der Waals surface area contributed by atoms with Crippen LogP contribution in [0.4, 0.5) is 0 Å². The molecular formula is C40H55Br6K3O13. The maximum Gasteiger partial charge on any atom is 1.00 e. The first-order valence-electron chi connectivity index (χ1n) is 16.5. The molecule has 3 aromatic carbocycles. The van der Waals surface area contributed by atoms with Gasteiger partial charge in [0.25, 0.3) is 6.47 Å². The van der Waals surface area contributed by atoms with Gasteiger partial charge in [-0.1, -0.05) is 131 Å². The molecule has 13 nitrogen and oxygen atoms in total. The SMILES string of the molecule is C.C.CC(C)(C)[O-].COC(=O)C(Br)CCBr.COC(=O)C(CCBr)Oc1ccc(Br)cc1.COC(=O)C1(Oc2ccc(Br)cc2)CC1.O=CO[O-].Oc1ccc(Br)cc1.[H-].[K+].[K+].[K+]. The van der Waals surface area contributed by atoms with Crippen LogP contribution in [-0.4, -0.2) is 83.6 Å². The van der Waals surface area contributed by atoms with Crippen molar-refractivity contribution in [1.82, 2.24) is 0 Å². The maximum absolute atomic E-state index is 11.4. The molecule has 4 rings (SSSR count). The Kier molecular flexibility index (Phi) is 60.2. The number of rotatable bonds is 12. The van der Waals surface area contributed by atoms with E-state index in [0.717, 1.165) is 38.0 Å². The van der Waals surface area contributed by atoms with E-state index in [1.807, 2.05) is 36.4 Å². The zero-order chi connectivity index (χ0) is 44.0. The van der Waals surface area contributed by atoms with Crippen molar-refractivity contribution in [2.75, 3.05) is 32.0 Å². The van der Waals surface area contributed by atoms with Crippen LogP contribution < -0.4 is 174 Å². The van der Waals surface area contributed by atoms with Crippen molar-refractivity contribution >= 4 is 120 Å². The zero-order valence-corrected chi connectivity index (χ0v) is 53.9. The van der Waals surface area contributed by atoms with E-state index in [9.17, 15) is 19.5 Å². The number of hydrogen-bond acceptors (Lipinski definition) is 13. The van der Waals surface area contributed by atoms with Crippen molar-refractivity contribution in [1.29, 1.82) is 0 Å². The third-order valence-electron chi connectivity index (χ3n) is 6.00. The number of aromatic hydroxyl groups is 1. The van der Waals surface area contributed by atoms with Crippen LogP contribution in [0.25, 0.3) is 0 Å². The summed E-state index contributed by atoms with van der Waals surface area (Å²) in [6.07, 6.45) is 2.23. The number of methoxy groups -OCH3 is 3. The van der Waals surface area contributed by atoms with Crippen LogP contribution in [0, 0.1) is 0 Å². The number of carbonyl (C=O) groups is 4. The molecule has 0 amide bonds. The van der Waals surface area contributed by atoms with Crippen LogP contribution in [0.15, 0.2) is 86.2 Å². The van der Waals surface area contributed by atoms with Crippen LogP contribution in [0.1, 0.15) is 62.7 Å². The van der Waals surface area contributed by atoms with Gasteiger partial charge in [0.2, 0.25) is 5.60 Å². The second-order valence-electron chi connectivity index (χ2n) is 11.9. The Balaban J connectivity index is -0.0000000997. The monoisotopic (exact) mass is 1330 g/mol. The predicted molar refractivity (Wildman–Crippen MR) is 248 cm³/mol. The van der Waals surface area contributed by atoms with E-state index in [-0.39, 0.29) is 200 Å². The second kappa shape index (κ2) is 47.3. The van der Waals surface area contributed by atoms with Crippen molar-refractivity contribution in [3.8, 4) is 17.2 Å². The zero-order valence-electron chi connectivity index (χ0n) is 36.0. The first-order chi connectivity index (χ1) is 26.7. The van der Waals surface area contributed by atoms with Crippen molar-refractivity contribution < 1.29 is 219 Å². The Morgan fingerprint density at radius 1 is 0.742 bits per heavy atom. The second-order valence-corrected chi connectivity index (χ2v) is 17.3. The number of halogens is 6. The average Bonchev–Trinajstić information content (AvgIpc) is 3.97. The fraction of sp³-hybridized carbons (Fsp3) is 0.450. The fourth-order valence-electron chi connectivity index (χ4n) is 3.29. The van der Waals surface area contributed by atoms with Crippen LogP contribution >= 0.6 is 95.6 Å². The summed E-state index contributed by atoms with van der Waals surface area (Å²) in [6, 6.07) is 21.6. The Morgan fingerprint density at radius 3 is 1.39 bits per heavy atom. The molecule has 3 aromatic rings. The summed E-state index contributed by atoms with van der Waals surface area (Å²) in [5, 5.41) is 28.8. The van der Waals surface area contributed by atoms with Gasteiger partial charge < -0.3 is 45.5 Å². The minimum Gasteiger partial charge on any atom is -1.00 e. The van der Waals surface area contributed by atoms with Crippen LogP contribution in [0.3, 0.4) is 0 Å². The molecule has 0 aliphatic heterocycles. The van der Waals surface area contributed by atoms with Crippen LogP contribution in [-0.2, 0) is 38.3 Å². The number of esters is 3. The first kappa shape index (κ1) is 78.8. The van der Waals surface area contributed by atoms with Crippen molar-refractivity contribution in [2.45, 2.75) is 83.4 Å². The number of alkyl halides is 3. The van der Waals surface area contributed by atoms with Crippen molar-refractivity contribution in [3.05, 3.63) is 86.2 Å². The summed E-state index contributed by atoms with van der Waals surface area (Å²) in [4.78, 5) is 44.5. The van der Waals surface area contributed by atoms with E-state index < -0.39 is 17.3 Å². The third kappa shape index (κ3) is 43.9. The molecule has 1 aliphatic rings. The third-order valence-corrected chi connectivity index (χ3v) is 9.33. The molecule has 1 saturated carbocycles. The van der Waals surface area contributed by atoms with E-state index in [4.69, 9.17) is 29.4 Å². The van der Waals surface area contributed by atoms with Gasteiger partial charge in [0.15, 0.2) is 6.10 Å². The maximum atomic E-state index is 11.4. The molecule has 2 atom stereocenters. The molecule has 0 heterocycles. The summed E-state index contributed by atoms with van der Waals surface area (Å²) in [5.41, 5.74) is -1.47. The van der Waals surface area contributed by atoms with Gasteiger partial charge in [0.1, 0.15) is 22.1 Å². The van der Waals surface area contributed by atoms with Gasteiger partial charge in [-0.2, -0.15) is 0 Å². The van der Waals surface area contributed by atoms with Crippen LogP contribution in [0.2, 0.25) is 0 Å². The quantitative estimate of drug-likeness (QED) is 0.0504. The normalized spacial score (nSPS) is 11.5. The smallest absolute Gasteiger partial charge is 1.00 e. The van der Waals surface area contributed by atoms with E-state index in [1.165, 1.54) is 21.3 Å². The van der Waals surface area contributed by atoms with E-state index in [1.54, 1.807) is 57.2 Å². The number of phenolic OH excluding ortho intramolecular Hbond substituents is 1. The molecule has 62 heavy (non-hydrogen) atoms. The van der Waals surface area contributed by atoms with Crippen molar-refractivity contribution in [3.63, 3.8) is 0 Å². The molecule has 0 aromatic heterocycles. The molecule has 2 unspecified atom stereocenters. The van der Waals surface area contributed by atoms with Gasteiger partial charge in [-0.15, -0.1) is 5.60 Å². The summed E-state index contributed by atoms with van der Waals surface area (Å²) >= 11 is 19.5. The topological polar surface area (TPSA) is 190 Å². The number of benzene rings is 3. The molecule has 1 fully saturated rings.